The van der Waals surface area contributed by atoms with E-state index in [9.17, 15) is 18.0 Å². The second kappa shape index (κ2) is 10.9. The number of ether oxygens (including phenoxy) is 1. The molecule has 0 spiro atoms. The van der Waals surface area contributed by atoms with Crippen molar-refractivity contribution >= 4 is 33.3 Å². The van der Waals surface area contributed by atoms with E-state index in [4.69, 9.17) is 4.74 Å². The predicted octanol–water partition coefficient (Wildman–Crippen LogP) is 2.86. The highest BCUT2D eigenvalue weighted by molar-refractivity contribution is 7.89. The van der Waals surface area contributed by atoms with E-state index in [-0.39, 0.29) is 17.4 Å². The molecule has 2 aromatic rings. The summed E-state index contributed by atoms with van der Waals surface area (Å²) in [6.45, 7) is 6.76. The highest BCUT2D eigenvalue weighted by atomic mass is 32.2. The molecule has 0 aromatic heterocycles. The quantitative estimate of drug-likeness (QED) is 0.563. The smallest absolute Gasteiger partial charge is 0.321 e. The summed E-state index contributed by atoms with van der Waals surface area (Å²) in [5.74, 6) is -0.895. The fourth-order valence-electron chi connectivity index (χ4n) is 3.07. The minimum atomic E-state index is -3.88. The molecule has 0 atom stereocenters. The summed E-state index contributed by atoms with van der Waals surface area (Å²) >= 11 is 0. The average molecular weight is 448 g/mol. The summed E-state index contributed by atoms with van der Waals surface area (Å²) in [5, 5.41) is 2.57. The molecule has 0 radical (unpaired) electrons. The van der Waals surface area contributed by atoms with Crippen molar-refractivity contribution in [3.8, 4) is 0 Å². The summed E-state index contributed by atoms with van der Waals surface area (Å²) < 4.78 is 31.7. The van der Waals surface area contributed by atoms with Crippen molar-refractivity contribution in [2.24, 2.45) is 0 Å². The van der Waals surface area contributed by atoms with Gasteiger partial charge in [0.2, 0.25) is 15.9 Å². The third-order valence-corrected chi connectivity index (χ3v) is 6.54. The van der Waals surface area contributed by atoms with E-state index >= 15 is 0 Å². The second-order valence-electron chi connectivity index (χ2n) is 6.93. The van der Waals surface area contributed by atoms with E-state index in [2.05, 4.69) is 24.1 Å². The molecular formula is C22H29N3O5S. The Hall–Kier alpha value is -2.91. The molecule has 9 heteroatoms. The van der Waals surface area contributed by atoms with Crippen molar-refractivity contribution in [3.05, 3.63) is 54.1 Å². The number of hydrogen-bond acceptors (Lipinski definition) is 6. The largest absolute Gasteiger partial charge is 0.460 e. The Labute approximate surface area is 183 Å². The van der Waals surface area contributed by atoms with E-state index in [0.29, 0.717) is 5.69 Å². The number of para-hydroxylation sites is 1. The Kier molecular flexibility index (Phi) is 8.58. The van der Waals surface area contributed by atoms with Crippen LogP contribution in [-0.4, -0.2) is 51.3 Å². The molecule has 0 bridgehead atoms. The van der Waals surface area contributed by atoms with Crippen molar-refractivity contribution in [2.45, 2.75) is 32.3 Å². The highest BCUT2D eigenvalue weighted by Gasteiger charge is 2.24. The van der Waals surface area contributed by atoms with Crippen LogP contribution in [0.15, 0.2) is 53.4 Å². The zero-order chi connectivity index (χ0) is 23.0. The zero-order valence-corrected chi connectivity index (χ0v) is 19.1. The number of nitrogens with zero attached hydrogens (tertiary/aromatic N) is 2. The summed E-state index contributed by atoms with van der Waals surface area (Å²) in [7, 11) is -2.56. The minimum absolute atomic E-state index is 0.0174. The molecule has 1 amide bonds. The number of likely N-dealkylation sites (N-methyl/N-ethyl adjacent to an activating group) is 1. The van der Waals surface area contributed by atoms with Crippen LogP contribution in [0.2, 0.25) is 0 Å². The first-order valence-electron chi connectivity index (χ1n) is 10.0. The van der Waals surface area contributed by atoms with Gasteiger partial charge in [-0.15, -0.1) is 0 Å². The summed E-state index contributed by atoms with van der Waals surface area (Å²) in [6.07, 6.45) is 0. The first kappa shape index (κ1) is 24.4. The molecular weight excluding hydrogens is 418 g/mol. The van der Waals surface area contributed by atoms with Crippen LogP contribution in [0.4, 0.5) is 11.4 Å². The van der Waals surface area contributed by atoms with Gasteiger partial charge in [-0.05, 0) is 44.2 Å². The summed E-state index contributed by atoms with van der Waals surface area (Å²) in [6, 6.07) is 13.4. The van der Waals surface area contributed by atoms with E-state index in [1.807, 2.05) is 24.3 Å². The standard InChI is InChI=1S/C22H29N3O5S/c1-5-25(6-2)21-10-8-7-9-18(21)16-30-22(27)15-24(4)31(28,29)20-13-11-19(12-14-20)23-17(3)26/h7-14H,5-6,15-16H2,1-4H3,(H,23,26). The normalized spacial score (nSPS) is 11.3. The molecule has 0 heterocycles. The summed E-state index contributed by atoms with van der Waals surface area (Å²) in [5.41, 5.74) is 2.33. The Bertz CT molecular complexity index is 1000. The molecule has 0 saturated heterocycles. The van der Waals surface area contributed by atoms with Crippen LogP contribution in [0.5, 0.6) is 0 Å². The first-order chi connectivity index (χ1) is 14.7. The minimum Gasteiger partial charge on any atom is -0.460 e. The fraction of sp³-hybridized carbons (Fsp3) is 0.364. The van der Waals surface area contributed by atoms with Gasteiger partial charge in [0.25, 0.3) is 0 Å². The van der Waals surface area contributed by atoms with E-state index in [1.165, 1.54) is 38.2 Å². The lowest BCUT2D eigenvalue weighted by atomic mass is 10.1. The SMILES string of the molecule is CCN(CC)c1ccccc1COC(=O)CN(C)S(=O)(=O)c1ccc(NC(C)=O)cc1. The van der Waals surface area contributed by atoms with E-state index in [0.717, 1.165) is 28.6 Å². The number of anilines is 2. The van der Waals surface area contributed by atoms with Gasteiger partial charge in [-0.3, -0.25) is 9.59 Å². The van der Waals surface area contributed by atoms with Gasteiger partial charge in [0.1, 0.15) is 13.2 Å². The Balaban J connectivity index is 2.02. The van der Waals surface area contributed by atoms with Crippen molar-refractivity contribution in [1.82, 2.24) is 4.31 Å². The van der Waals surface area contributed by atoms with Gasteiger partial charge in [0.05, 0.1) is 4.90 Å². The van der Waals surface area contributed by atoms with Crippen LogP contribution in [0.1, 0.15) is 26.3 Å². The Morgan fingerprint density at radius 3 is 2.19 bits per heavy atom. The van der Waals surface area contributed by atoms with Crippen LogP contribution < -0.4 is 10.2 Å². The number of sulfonamides is 1. The van der Waals surface area contributed by atoms with Crippen LogP contribution in [0.3, 0.4) is 0 Å². The third kappa shape index (κ3) is 6.53. The molecule has 168 valence electrons. The van der Waals surface area contributed by atoms with Crippen LogP contribution in [0, 0.1) is 0 Å². The molecule has 0 aliphatic heterocycles. The molecule has 1 N–H and O–H groups in total. The highest BCUT2D eigenvalue weighted by Crippen LogP contribution is 2.21. The molecule has 0 fully saturated rings. The van der Waals surface area contributed by atoms with Crippen molar-refractivity contribution in [1.29, 1.82) is 0 Å². The van der Waals surface area contributed by atoms with E-state index in [1.54, 1.807) is 0 Å². The zero-order valence-electron chi connectivity index (χ0n) is 18.3. The average Bonchev–Trinajstić information content (AvgIpc) is 2.74. The lowest BCUT2D eigenvalue weighted by Crippen LogP contribution is -2.33. The summed E-state index contributed by atoms with van der Waals surface area (Å²) in [4.78, 5) is 25.6. The number of esters is 1. The molecule has 2 rings (SSSR count). The fourth-order valence-corrected chi connectivity index (χ4v) is 4.19. The van der Waals surface area contributed by atoms with Gasteiger partial charge >= 0.3 is 5.97 Å². The van der Waals surface area contributed by atoms with Gasteiger partial charge in [-0.2, -0.15) is 4.31 Å². The van der Waals surface area contributed by atoms with Gasteiger partial charge in [-0.1, -0.05) is 18.2 Å². The number of benzene rings is 2. The van der Waals surface area contributed by atoms with Crippen LogP contribution >= 0.6 is 0 Å². The number of carbonyl (C=O) groups is 2. The maximum Gasteiger partial charge on any atom is 0.321 e. The molecule has 0 unspecified atom stereocenters. The van der Waals surface area contributed by atoms with Crippen LogP contribution in [0.25, 0.3) is 0 Å². The maximum atomic E-state index is 12.7. The number of rotatable bonds is 10. The van der Waals surface area contributed by atoms with Gasteiger partial charge in [-0.25, -0.2) is 8.42 Å². The maximum absolute atomic E-state index is 12.7. The predicted molar refractivity (Wildman–Crippen MR) is 120 cm³/mol. The number of nitrogens with one attached hydrogen (secondary N) is 1. The Morgan fingerprint density at radius 1 is 1.00 bits per heavy atom. The molecule has 0 aliphatic rings. The second-order valence-corrected chi connectivity index (χ2v) is 8.97. The van der Waals surface area contributed by atoms with Crippen molar-refractivity contribution in [2.75, 3.05) is 36.9 Å². The van der Waals surface area contributed by atoms with Crippen molar-refractivity contribution in [3.63, 3.8) is 0 Å². The first-order valence-corrected chi connectivity index (χ1v) is 11.5. The molecule has 8 nitrogen and oxygen atoms in total. The Morgan fingerprint density at radius 2 is 1.61 bits per heavy atom. The number of amides is 1. The third-order valence-electron chi connectivity index (χ3n) is 4.72. The monoisotopic (exact) mass is 447 g/mol. The molecule has 0 aliphatic carbocycles. The lowest BCUT2D eigenvalue weighted by molar-refractivity contribution is -0.144. The van der Waals surface area contributed by atoms with E-state index < -0.39 is 22.5 Å². The van der Waals surface area contributed by atoms with Gasteiger partial charge < -0.3 is 15.0 Å². The number of carbonyl (C=O) groups excluding carboxylic acids is 2. The van der Waals surface area contributed by atoms with Crippen molar-refractivity contribution < 1.29 is 22.7 Å². The van der Waals surface area contributed by atoms with Gasteiger partial charge in [0, 0.05) is 44.0 Å². The lowest BCUT2D eigenvalue weighted by Gasteiger charge is -2.24. The molecule has 31 heavy (non-hydrogen) atoms. The molecule has 0 saturated carbocycles. The molecule has 2 aromatic carbocycles. The van der Waals surface area contributed by atoms with Gasteiger partial charge in [0.15, 0.2) is 0 Å². The van der Waals surface area contributed by atoms with Crippen LogP contribution in [-0.2, 0) is 31.0 Å². The number of hydrogen-bond donors (Lipinski definition) is 1. The topological polar surface area (TPSA) is 96.0 Å².